The molecular weight excluding hydrogens is 313 g/mol. The van der Waals surface area contributed by atoms with Crippen molar-refractivity contribution < 1.29 is 0 Å². The summed E-state index contributed by atoms with van der Waals surface area (Å²) in [6, 6.07) is 0. The van der Waals surface area contributed by atoms with E-state index in [1.54, 1.807) is 0 Å². The van der Waals surface area contributed by atoms with Crippen molar-refractivity contribution in [2.24, 2.45) is 0 Å². The molecule has 0 radical (unpaired) electrons. The van der Waals surface area contributed by atoms with E-state index in [1.165, 1.54) is 0 Å². The molecule has 0 aromatic rings. The summed E-state index contributed by atoms with van der Waals surface area (Å²) < 4.78 is -2.96. The van der Waals surface area contributed by atoms with Gasteiger partial charge in [0, 0.05) is 0 Å². The molecule has 0 aromatic heterocycles. The van der Waals surface area contributed by atoms with Crippen LogP contribution >= 0.6 is 63.3 Å². The van der Waals surface area contributed by atoms with Gasteiger partial charge in [0.2, 0.25) is 0 Å². The maximum absolute atomic E-state index is 5.39. The van der Waals surface area contributed by atoms with Crippen molar-refractivity contribution in [2.45, 2.75) is 0 Å². The summed E-state index contributed by atoms with van der Waals surface area (Å²) in [6.45, 7) is 0. The van der Waals surface area contributed by atoms with Crippen molar-refractivity contribution in [3.05, 3.63) is 0 Å². The second-order valence-electron chi connectivity index (χ2n) is 0.996. The predicted octanol–water partition coefficient (Wildman–Crippen LogP) is 3.38. The fraction of sp³-hybridized carbons (Fsp3) is 0. The summed E-state index contributed by atoms with van der Waals surface area (Å²) >= 11 is 16.1. The molecule has 0 fully saturated rings. The average molecular weight is 313 g/mol. The summed E-state index contributed by atoms with van der Waals surface area (Å²) in [5, 5.41) is 0. The SMILES string of the molecule is Cl[Si](Cl)(Cl)[Ge]([Cl])([Cl])[Cl]. The Morgan fingerprint density at radius 3 is 1.00 bits per heavy atom. The zero-order valence-corrected chi connectivity index (χ0v) is 10.9. The van der Waals surface area contributed by atoms with E-state index in [0.717, 1.165) is 0 Å². The van der Waals surface area contributed by atoms with Crippen LogP contribution in [-0.4, -0.2) is 14.4 Å². The van der Waals surface area contributed by atoms with E-state index in [1.807, 2.05) is 0 Å². The Balaban J connectivity index is 4.02. The van der Waals surface area contributed by atoms with Gasteiger partial charge in [-0.3, -0.25) is 0 Å². The first-order chi connectivity index (χ1) is 3.25. The topological polar surface area (TPSA) is 0 Å². The van der Waals surface area contributed by atoms with Crippen LogP contribution in [0.25, 0.3) is 0 Å². The first kappa shape index (κ1) is 10.5. The van der Waals surface area contributed by atoms with Crippen molar-refractivity contribution >= 4 is 77.6 Å². The summed E-state index contributed by atoms with van der Waals surface area (Å²) in [6.07, 6.45) is 0. The molecule has 50 valence electrons. The molecule has 0 N–H and O–H groups in total. The summed E-state index contributed by atoms with van der Waals surface area (Å²) in [4.78, 5) is 0. The molecule has 0 saturated carbocycles. The molecule has 0 rings (SSSR count). The van der Waals surface area contributed by atoms with Crippen LogP contribution in [0, 0.1) is 0 Å². The molecule has 0 aliphatic rings. The zero-order chi connectivity index (χ0) is 7.00. The van der Waals surface area contributed by atoms with Crippen LogP contribution in [0.5, 0.6) is 0 Å². The average Bonchev–Trinajstić information content (AvgIpc) is 1.25. The quantitative estimate of drug-likeness (QED) is 0.514. The minimum absolute atomic E-state index is 2.96. The van der Waals surface area contributed by atoms with Crippen molar-refractivity contribution in [1.29, 1.82) is 0 Å². The number of halogens is 6. The molecule has 8 heteroatoms. The second kappa shape index (κ2) is 3.26. The van der Waals surface area contributed by atoms with Gasteiger partial charge in [-0.2, -0.15) is 0 Å². The van der Waals surface area contributed by atoms with E-state index in [9.17, 15) is 0 Å². The molecule has 0 aliphatic heterocycles. The van der Waals surface area contributed by atoms with Crippen LogP contribution in [0.1, 0.15) is 0 Å². The Kier molecular flexibility index (Phi) is 4.28. The standard InChI is InChI=1S/Cl6GeSi/c1-7(2,3)8(4,5)6. The molecule has 8 heavy (non-hydrogen) atoms. The molecule has 0 nitrogen and oxygen atoms in total. The number of rotatable bonds is 1. The van der Waals surface area contributed by atoms with Crippen LogP contribution in [0.3, 0.4) is 0 Å². The first-order valence-electron chi connectivity index (χ1n) is 1.38. The van der Waals surface area contributed by atoms with Gasteiger partial charge >= 0.3 is 77.6 Å². The van der Waals surface area contributed by atoms with Gasteiger partial charge in [0.15, 0.2) is 0 Å². The van der Waals surface area contributed by atoms with Crippen molar-refractivity contribution in [3.8, 4) is 0 Å². The summed E-state index contributed by atoms with van der Waals surface area (Å²) in [5.41, 5.74) is 0. The third-order valence-corrected chi connectivity index (χ3v) is 45.1. The Hall–Kier alpha value is 2.50. The Morgan fingerprint density at radius 1 is 0.875 bits per heavy atom. The van der Waals surface area contributed by atoms with E-state index < -0.39 is 14.4 Å². The van der Waals surface area contributed by atoms with Gasteiger partial charge in [-0.1, -0.05) is 0 Å². The molecule has 0 bridgehead atoms. The number of hydrogen-bond donors (Lipinski definition) is 0. The monoisotopic (exact) mass is 312 g/mol. The molecule has 0 heterocycles. The number of hydrogen-bond acceptors (Lipinski definition) is 0. The molecule has 0 unspecified atom stereocenters. The maximum atomic E-state index is 5.39. The van der Waals surface area contributed by atoms with Crippen molar-refractivity contribution in [3.63, 3.8) is 0 Å². The third-order valence-electron chi connectivity index (χ3n) is 0.321. The summed E-state index contributed by atoms with van der Waals surface area (Å²) in [7, 11) is 12.7. The molecule has 0 aliphatic carbocycles. The van der Waals surface area contributed by atoms with Gasteiger partial charge in [0.25, 0.3) is 0 Å². The molecule has 0 saturated heterocycles. The summed E-state index contributed by atoms with van der Waals surface area (Å²) in [5.74, 6) is 0. The van der Waals surface area contributed by atoms with Crippen molar-refractivity contribution in [2.75, 3.05) is 0 Å². The van der Waals surface area contributed by atoms with Gasteiger partial charge in [0.05, 0.1) is 0 Å². The third kappa shape index (κ3) is 3.62. The van der Waals surface area contributed by atoms with Gasteiger partial charge in [-0.25, -0.2) is 0 Å². The Bertz CT molecular complexity index is 63.5. The Labute approximate surface area is 76.8 Å². The fourth-order valence-electron chi connectivity index (χ4n) is 0. The predicted molar refractivity (Wildman–Crippen MR) is 46.6 cm³/mol. The van der Waals surface area contributed by atoms with Gasteiger partial charge in [-0.15, -0.1) is 0 Å². The van der Waals surface area contributed by atoms with E-state index in [2.05, 4.69) is 0 Å². The van der Waals surface area contributed by atoms with Crippen LogP contribution in [0.4, 0.5) is 0 Å². The van der Waals surface area contributed by atoms with Gasteiger partial charge < -0.3 is 0 Å². The van der Waals surface area contributed by atoms with Crippen molar-refractivity contribution in [1.82, 2.24) is 0 Å². The normalized spacial score (nSPS) is 14.2. The first-order valence-corrected chi connectivity index (χ1v) is 17.8. The molecular formula is Cl6GeSi. The van der Waals surface area contributed by atoms with Gasteiger partial charge in [-0.05, 0) is 0 Å². The minimum atomic E-state index is -3.46. The molecule has 0 atom stereocenters. The van der Waals surface area contributed by atoms with E-state index >= 15 is 0 Å². The van der Waals surface area contributed by atoms with Gasteiger partial charge in [0.1, 0.15) is 0 Å². The van der Waals surface area contributed by atoms with E-state index in [-0.39, 0.29) is 0 Å². The fourth-order valence-corrected chi connectivity index (χ4v) is 0. The van der Waals surface area contributed by atoms with Crippen LogP contribution in [0.2, 0.25) is 0 Å². The molecule has 0 spiro atoms. The van der Waals surface area contributed by atoms with Crippen LogP contribution in [0.15, 0.2) is 0 Å². The van der Waals surface area contributed by atoms with E-state index in [0.29, 0.717) is 0 Å². The zero-order valence-electron chi connectivity index (χ0n) is 3.27. The Morgan fingerprint density at radius 2 is 1.00 bits per heavy atom. The van der Waals surface area contributed by atoms with Crippen LogP contribution in [-0.2, 0) is 0 Å². The molecule has 0 aromatic carbocycles. The van der Waals surface area contributed by atoms with E-state index in [4.69, 9.17) is 63.3 Å². The molecule has 0 amide bonds. The van der Waals surface area contributed by atoms with Crippen LogP contribution < -0.4 is 0 Å². The second-order valence-corrected chi connectivity index (χ2v) is 42.3.